The first-order chi connectivity index (χ1) is 14.9. The number of benzene rings is 1. The summed E-state index contributed by atoms with van der Waals surface area (Å²) in [4.78, 5) is 41.3. The first kappa shape index (κ1) is 19.8. The molecule has 2 N–H and O–H groups in total. The molecule has 0 saturated carbocycles. The number of rotatable bonds is 5. The fourth-order valence-corrected chi connectivity index (χ4v) is 3.21. The van der Waals surface area contributed by atoms with E-state index in [1.165, 1.54) is 35.4 Å². The Morgan fingerprint density at radius 1 is 1.26 bits per heavy atom. The van der Waals surface area contributed by atoms with E-state index in [1.807, 2.05) is 0 Å². The lowest BCUT2D eigenvalue weighted by atomic mass is 10.1. The Balaban J connectivity index is 1.84. The average Bonchev–Trinajstić information content (AvgIpc) is 3.37. The molecule has 0 bridgehead atoms. The number of hydrogen-bond donors (Lipinski definition) is 2. The molecule has 31 heavy (non-hydrogen) atoms. The van der Waals surface area contributed by atoms with Crippen molar-refractivity contribution in [1.82, 2.24) is 19.8 Å². The fourth-order valence-electron chi connectivity index (χ4n) is 3.21. The number of aldehydes is 1. The molecular weight excluding hydrogens is 404 g/mol. The van der Waals surface area contributed by atoms with E-state index in [-0.39, 0.29) is 22.9 Å². The van der Waals surface area contributed by atoms with Crippen LogP contribution in [0.25, 0.3) is 5.52 Å². The van der Waals surface area contributed by atoms with Gasteiger partial charge in [0.2, 0.25) is 0 Å². The minimum Gasteiger partial charge on any atom is -0.464 e. The number of carbonyl (C=O) groups excluding carboxylic acids is 2. The van der Waals surface area contributed by atoms with Crippen molar-refractivity contribution in [3.8, 4) is 0 Å². The van der Waals surface area contributed by atoms with Crippen LogP contribution in [0.3, 0.4) is 0 Å². The summed E-state index contributed by atoms with van der Waals surface area (Å²) in [5.41, 5.74) is 2.30. The summed E-state index contributed by atoms with van der Waals surface area (Å²) in [7, 11) is 0. The number of nitrogens with one attached hydrogen (secondary N) is 1. The number of hydrogen-bond acceptors (Lipinski definition) is 7. The number of aryl methyl sites for hydroxylation is 2. The molecule has 0 spiro atoms. The maximum absolute atomic E-state index is 12.6. The van der Waals surface area contributed by atoms with E-state index in [1.54, 1.807) is 26.0 Å². The third-order valence-corrected chi connectivity index (χ3v) is 4.77. The van der Waals surface area contributed by atoms with Gasteiger partial charge in [0.25, 0.3) is 5.91 Å². The molecule has 0 fully saturated rings. The van der Waals surface area contributed by atoms with E-state index >= 15 is 0 Å². The Kier molecular flexibility index (Phi) is 4.91. The normalized spacial score (nSPS) is 10.8. The van der Waals surface area contributed by atoms with Gasteiger partial charge in [0, 0.05) is 23.4 Å². The van der Waals surface area contributed by atoms with Crippen LogP contribution in [0, 0.1) is 13.8 Å². The summed E-state index contributed by atoms with van der Waals surface area (Å²) in [6.45, 7) is 3.39. The van der Waals surface area contributed by atoms with Crippen LogP contribution in [0.5, 0.6) is 0 Å². The number of carboxylic acid groups (broad SMARTS) is 1. The van der Waals surface area contributed by atoms with Crippen LogP contribution < -0.4 is 10.2 Å². The first-order valence-corrected chi connectivity index (χ1v) is 9.04. The van der Waals surface area contributed by atoms with Gasteiger partial charge in [-0.3, -0.25) is 9.59 Å². The number of carbonyl (C=O) groups is 3. The predicted molar refractivity (Wildman–Crippen MR) is 109 cm³/mol. The standard InChI is InChI=1S/C20H16N6O5/c1-11-3-4-13(19(28)23-16-5-6-31-24-16)7-15(11)26(20(29)30)18-17-12(2)14(9-27)8-25(17)22-10-21-18/h3-10H,1-2H3,(H,29,30)(H,23,24,28). The molecule has 4 rings (SSSR count). The van der Waals surface area contributed by atoms with Crippen LogP contribution in [0.15, 0.2) is 47.6 Å². The van der Waals surface area contributed by atoms with Crippen LogP contribution >= 0.6 is 0 Å². The van der Waals surface area contributed by atoms with Gasteiger partial charge in [0.15, 0.2) is 17.9 Å². The van der Waals surface area contributed by atoms with Crippen molar-refractivity contribution in [2.75, 3.05) is 10.2 Å². The molecule has 11 nitrogen and oxygen atoms in total. The van der Waals surface area contributed by atoms with E-state index < -0.39 is 12.0 Å². The summed E-state index contributed by atoms with van der Waals surface area (Å²) in [6.07, 6.45) is 3.36. The molecule has 0 aliphatic carbocycles. The maximum Gasteiger partial charge on any atom is 0.417 e. The highest BCUT2D eigenvalue weighted by molar-refractivity contribution is 6.06. The SMILES string of the molecule is Cc1ccc(C(=O)Nc2ccon2)cc1N(C(=O)O)c1ncnn2cc(C=O)c(C)c12. The van der Waals surface area contributed by atoms with E-state index in [4.69, 9.17) is 4.52 Å². The Labute approximate surface area is 174 Å². The molecule has 4 aromatic rings. The molecule has 0 unspecified atom stereocenters. The molecular formula is C20H16N6O5. The number of nitrogens with zero attached hydrogens (tertiary/aromatic N) is 5. The lowest BCUT2D eigenvalue weighted by molar-refractivity contribution is 0.102. The van der Waals surface area contributed by atoms with Crippen LogP contribution in [-0.2, 0) is 0 Å². The summed E-state index contributed by atoms with van der Waals surface area (Å²) in [5, 5.41) is 20.3. The average molecular weight is 420 g/mol. The zero-order valence-corrected chi connectivity index (χ0v) is 16.4. The van der Waals surface area contributed by atoms with Gasteiger partial charge in [0.05, 0.1) is 5.69 Å². The highest BCUT2D eigenvalue weighted by atomic mass is 16.5. The maximum atomic E-state index is 12.6. The molecule has 0 saturated heterocycles. The molecule has 0 atom stereocenters. The smallest absolute Gasteiger partial charge is 0.417 e. The second-order valence-electron chi connectivity index (χ2n) is 6.66. The van der Waals surface area contributed by atoms with Gasteiger partial charge < -0.3 is 14.9 Å². The first-order valence-electron chi connectivity index (χ1n) is 9.04. The molecule has 3 heterocycles. The summed E-state index contributed by atoms with van der Waals surface area (Å²) in [6, 6.07) is 6.12. The molecule has 0 aliphatic rings. The monoisotopic (exact) mass is 420 g/mol. The van der Waals surface area contributed by atoms with Crippen molar-refractivity contribution in [1.29, 1.82) is 0 Å². The zero-order chi connectivity index (χ0) is 22.1. The van der Waals surface area contributed by atoms with E-state index in [9.17, 15) is 19.5 Å². The van der Waals surface area contributed by atoms with Crippen LogP contribution in [0.4, 0.5) is 22.1 Å². The number of amides is 2. The number of fused-ring (bicyclic) bond motifs is 1. The van der Waals surface area contributed by atoms with Gasteiger partial charge in [0.1, 0.15) is 18.1 Å². The molecule has 2 amide bonds. The quantitative estimate of drug-likeness (QED) is 0.469. The Morgan fingerprint density at radius 2 is 2.06 bits per heavy atom. The van der Waals surface area contributed by atoms with Crippen molar-refractivity contribution in [3.05, 3.63) is 65.3 Å². The van der Waals surface area contributed by atoms with E-state index in [0.717, 1.165) is 4.90 Å². The Morgan fingerprint density at radius 3 is 2.74 bits per heavy atom. The van der Waals surface area contributed by atoms with Crippen molar-refractivity contribution >= 4 is 41.1 Å². The van der Waals surface area contributed by atoms with Crippen molar-refractivity contribution in [2.24, 2.45) is 0 Å². The topological polar surface area (TPSA) is 143 Å². The predicted octanol–water partition coefficient (Wildman–Crippen LogP) is 3.22. The minimum absolute atomic E-state index is 0.0604. The second kappa shape index (κ2) is 7.71. The van der Waals surface area contributed by atoms with Gasteiger partial charge in [-0.15, -0.1) is 0 Å². The van der Waals surface area contributed by atoms with Gasteiger partial charge in [-0.2, -0.15) is 5.10 Å². The van der Waals surface area contributed by atoms with Crippen molar-refractivity contribution in [2.45, 2.75) is 13.8 Å². The molecule has 0 radical (unpaired) electrons. The molecule has 3 aromatic heterocycles. The van der Waals surface area contributed by atoms with Gasteiger partial charge in [-0.25, -0.2) is 19.2 Å². The zero-order valence-electron chi connectivity index (χ0n) is 16.4. The highest BCUT2D eigenvalue weighted by Gasteiger charge is 2.26. The van der Waals surface area contributed by atoms with E-state index in [2.05, 4.69) is 20.6 Å². The third-order valence-electron chi connectivity index (χ3n) is 4.77. The molecule has 0 aliphatic heterocycles. The Hall–Kier alpha value is -4.54. The minimum atomic E-state index is -1.31. The van der Waals surface area contributed by atoms with E-state index in [0.29, 0.717) is 28.5 Å². The lowest BCUT2D eigenvalue weighted by Gasteiger charge is -2.22. The van der Waals surface area contributed by atoms with Crippen molar-refractivity contribution in [3.63, 3.8) is 0 Å². The molecule has 11 heteroatoms. The Bertz CT molecular complexity index is 1310. The van der Waals surface area contributed by atoms with Crippen LogP contribution in [0.1, 0.15) is 31.8 Å². The van der Waals surface area contributed by atoms with Crippen LogP contribution in [0.2, 0.25) is 0 Å². The van der Waals surface area contributed by atoms with Gasteiger partial charge >= 0.3 is 6.09 Å². The molecule has 156 valence electrons. The van der Waals surface area contributed by atoms with Crippen molar-refractivity contribution < 1.29 is 24.0 Å². The van der Waals surface area contributed by atoms with Gasteiger partial charge in [-0.1, -0.05) is 11.2 Å². The number of aromatic nitrogens is 4. The summed E-state index contributed by atoms with van der Waals surface area (Å²) < 4.78 is 6.09. The summed E-state index contributed by atoms with van der Waals surface area (Å²) >= 11 is 0. The van der Waals surface area contributed by atoms with Crippen LogP contribution in [-0.4, -0.2) is 43.1 Å². The second-order valence-corrected chi connectivity index (χ2v) is 6.66. The fraction of sp³-hybridized carbons (Fsp3) is 0.100. The van der Waals surface area contributed by atoms with Gasteiger partial charge in [-0.05, 0) is 37.1 Å². The largest absolute Gasteiger partial charge is 0.464 e. The number of anilines is 3. The third kappa shape index (κ3) is 3.48. The lowest BCUT2D eigenvalue weighted by Crippen LogP contribution is -2.27. The summed E-state index contributed by atoms with van der Waals surface area (Å²) in [5.74, 6) is -0.203. The highest BCUT2D eigenvalue weighted by Crippen LogP contribution is 2.33. The molecule has 1 aromatic carbocycles.